The molecule has 4 rings (SSSR count). The molecular formula is C28H44N4O4Si. The van der Waals surface area contributed by atoms with E-state index in [-0.39, 0.29) is 24.0 Å². The molecule has 0 aliphatic carbocycles. The van der Waals surface area contributed by atoms with Gasteiger partial charge in [-0.2, -0.15) is 10.2 Å². The smallest absolute Gasteiger partial charge is 0.192 e. The minimum absolute atomic E-state index is 0.0983. The molecule has 1 aliphatic rings. The molecule has 1 aromatic carbocycles. The van der Waals surface area contributed by atoms with E-state index >= 15 is 0 Å². The number of aliphatic hydroxyl groups is 1. The fourth-order valence-electron chi connectivity index (χ4n) is 4.47. The molecule has 2 unspecified atom stereocenters. The highest BCUT2D eigenvalue weighted by molar-refractivity contribution is 6.74. The van der Waals surface area contributed by atoms with Gasteiger partial charge in [-0.15, -0.1) is 0 Å². The maximum absolute atomic E-state index is 8.82. The van der Waals surface area contributed by atoms with Crippen LogP contribution >= 0.6 is 0 Å². The van der Waals surface area contributed by atoms with E-state index in [2.05, 4.69) is 69.4 Å². The Bertz CT molecular complexity index is 1130. The molecule has 2 aromatic heterocycles. The Morgan fingerprint density at radius 1 is 1.11 bits per heavy atom. The van der Waals surface area contributed by atoms with Crippen molar-refractivity contribution in [3.05, 3.63) is 36.7 Å². The van der Waals surface area contributed by atoms with Crippen LogP contribution < -0.4 is 0 Å². The summed E-state index contributed by atoms with van der Waals surface area (Å²) in [5.74, 6) is 0. The number of nitrogens with zero attached hydrogens (tertiary/aromatic N) is 4. The average Bonchev–Trinajstić information content (AvgIpc) is 3.48. The van der Waals surface area contributed by atoms with Crippen LogP contribution in [-0.2, 0) is 20.4 Å². The second-order valence-electron chi connectivity index (χ2n) is 11.6. The highest BCUT2D eigenvalue weighted by Gasteiger charge is 2.40. The van der Waals surface area contributed by atoms with Crippen molar-refractivity contribution in [2.45, 2.75) is 89.9 Å². The third kappa shape index (κ3) is 6.89. The number of hydrogen-bond acceptors (Lipinski definition) is 6. The molecule has 0 saturated carbocycles. The fourth-order valence-corrected chi connectivity index (χ4v) is 5.84. The van der Waals surface area contributed by atoms with Crippen molar-refractivity contribution in [1.29, 1.82) is 0 Å². The zero-order chi connectivity index (χ0) is 26.5. The molecule has 1 saturated heterocycles. The second kappa shape index (κ2) is 12.2. The van der Waals surface area contributed by atoms with E-state index in [1.807, 2.05) is 15.6 Å². The first-order chi connectivity index (χ1) is 17.7. The Morgan fingerprint density at radius 3 is 2.62 bits per heavy atom. The number of aliphatic hydroxyl groups excluding tert-OH is 1. The predicted molar refractivity (Wildman–Crippen MR) is 149 cm³/mol. The van der Waals surface area contributed by atoms with Crippen LogP contribution in [0.3, 0.4) is 0 Å². The van der Waals surface area contributed by atoms with Gasteiger partial charge in [0.15, 0.2) is 14.5 Å². The van der Waals surface area contributed by atoms with E-state index in [4.69, 9.17) is 24.1 Å². The van der Waals surface area contributed by atoms with Gasteiger partial charge in [-0.3, -0.25) is 4.68 Å². The van der Waals surface area contributed by atoms with Gasteiger partial charge in [-0.05, 0) is 56.3 Å². The summed E-state index contributed by atoms with van der Waals surface area (Å²) in [4.78, 5) is 0. The maximum Gasteiger partial charge on any atom is 0.192 e. The minimum atomic E-state index is -1.82. The van der Waals surface area contributed by atoms with E-state index in [0.717, 1.165) is 54.4 Å². The van der Waals surface area contributed by atoms with Gasteiger partial charge in [0.2, 0.25) is 0 Å². The van der Waals surface area contributed by atoms with E-state index < -0.39 is 8.32 Å². The summed E-state index contributed by atoms with van der Waals surface area (Å²) in [6.45, 7) is 14.4. The Balaban J connectivity index is 1.40. The van der Waals surface area contributed by atoms with Crippen molar-refractivity contribution >= 4 is 19.2 Å². The van der Waals surface area contributed by atoms with Gasteiger partial charge in [0.05, 0.1) is 24.4 Å². The molecule has 0 spiro atoms. The fraction of sp³-hybridized carbons (Fsp3) is 0.643. The predicted octanol–water partition coefficient (Wildman–Crippen LogP) is 5.78. The van der Waals surface area contributed by atoms with Crippen molar-refractivity contribution in [3.63, 3.8) is 0 Å². The van der Waals surface area contributed by atoms with Crippen molar-refractivity contribution in [2.24, 2.45) is 0 Å². The highest BCUT2D eigenvalue weighted by atomic mass is 28.4. The molecule has 8 nitrogen and oxygen atoms in total. The quantitative estimate of drug-likeness (QED) is 0.237. The van der Waals surface area contributed by atoms with Gasteiger partial charge in [-0.1, -0.05) is 39.0 Å². The number of ether oxygens (including phenoxy) is 2. The van der Waals surface area contributed by atoms with Crippen LogP contribution in [0.1, 0.15) is 59.1 Å². The lowest BCUT2D eigenvalue weighted by molar-refractivity contribution is -0.0873. The summed E-state index contributed by atoms with van der Waals surface area (Å²) in [7, 11) is -1.82. The largest absolute Gasteiger partial charge is 0.412 e. The van der Waals surface area contributed by atoms with Gasteiger partial charge in [0, 0.05) is 43.5 Å². The minimum Gasteiger partial charge on any atom is -0.412 e. The first-order valence-corrected chi connectivity index (χ1v) is 16.6. The van der Waals surface area contributed by atoms with Gasteiger partial charge in [0.25, 0.3) is 0 Å². The molecule has 9 heteroatoms. The number of aryl methyl sites for hydroxylation is 1. The summed E-state index contributed by atoms with van der Waals surface area (Å²) < 4.78 is 22.5. The Labute approximate surface area is 222 Å². The highest BCUT2D eigenvalue weighted by Crippen LogP contribution is 2.39. The molecule has 3 heterocycles. The van der Waals surface area contributed by atoms with Gasteiger partial charge < -0.3 is 19.0 Å². The van der Waals surface area contributed by atoms with Crippen molar-refractivity contribution in [3.8, 4) is 11.3 Å². The second-order valence-corrected chi connectivity index (χ2v) is 16.3. The lowest BCUT2D eigenvalue weighted by Crippen LogP contribution is -2.46. The van der Waals surface area contributed by atoms with Crippen molar-refractivity contribution < 1.29 is 19.0 Å². The first-order valence-electron chi connectivity index (χ1n) is 13.7. The number of unbranched alkanes of at least 4 members (excludes halogenated alkanes) is 1. The molecule has 3 aromatic rings. The Morgan fingerprint density at radius 2 is 1.89 bits per heavy atom. The number of rotatable bonds is 12. The number of fused-ring (bicyclic) bond motifs is 1. The summed E-state index contributed by atoms with van der Waals surface area (Å²) in [6.07, 6.45) is 8.54. The third-order valence-corrected chi connectivity index (χ3v) is 12.2. The van der Waals surface area contributed by atoms with Gasteiger partial charge in [-0.25, -0.2) is 4.68 Å². The zero-order valence-electron chi connectivity index (χ0n) is 23.2. The molecule has 1 aliphatic heterocycles. The monoisotopic (exact) mass is 528 g/mol. The maximum atomic E-state index is 8.82. The molecule has 0 radical (unpaired) electrons. The van der Waals surface area contributed by atoms with Gasteiger partial charge in [0.1, 0.15) is 5.69 Å². The van der Waals surface area contributed by atoms with Crippen LogP contribution in [0.15, 0.2) is 36.7 Å². The normalized spacial score (nSPS) is 19.1. The summed E-state index contributed by atoms with van der Waals surface area (Å²) in [5, 5.41) is 19.7. The van der Waals surface area contributed by atoms with Crippen LogP contribution in [0.2, 0.25) is 18.1 Å². The molecular weight excluding hydrogens is 484 g/mol. The average molecular weight is 529 g/mol. The summed E-state index contributed by atoms with van der Waals surface area (Å²) in [5.41, 5.74) is 3.04. The lowest BCUT2D eigenvalue weighted by Gasteiger charge is -2.41. The topological polar surface area (TPSA) is 83.6 Å². The summed E-state index contributed by atoms with van der Waals surface area (Å²) in [6, 6.07) is 8.36. The molecule has 1 fully saturated rings. The number of hydrogen-bond donors (Lipinski definition) is 1. The van der Waals surface area contributed by atoms with Crippen molar-refractivity contribution in [2.75, 3.05) is 26.4 Å². The lowest BCUT2D eigenvalue weighted by atomic mass is 10.1. The zero-order valence-corrected chi connectivity index (χ0v) is 24.2. The third-order valence-electron chi connectivity index (χ3n) is 7.64. The molecule has 0 bridgehead atoms. The molecule has 37 heavy (non-hydrogen) atoms. The van der Waals surface area contributed by atoms with Crippen molar-refractivity contribution in [1.82, 2.24) is 19.6 Å². The number of para-hydroxylation sites is 1. The van der Waals surface area contributed by atoms with Crippen LogP contribution in [0, 0.1) is 0 Å². The SMILES string of the molecule is CC(C)(C)[Si](C)(C)OC1CCC(n2nc(-c3cnn(CCCCOCCCO)c3)c3ccccc32)OC1. The van der Waals surface area contributed by atoms with E-state index in [0.29, 0.717) is 26.2 Å². The molecule has 204 valence electrons. The number of aromatic nitrogens is 4. The van der Waals surface area contributed by atoms with Gasteiger partial charge >= 0.3 is 0 Å². The van der Waals surface area contributed by atoms with E-state index in [1.165, 1.54) is 0 Å². The van der Waals surface area contributed by atoms with Crippen LogP contribution in [0.5, 0.6) is 0 Å². The Hall–Kier alpha value is -2.04. The standard InChI is InChI=1S/C28H44N4O4Si/c1-28(2,3)37(4,5)36-23-13-14-26(35-21-23)32-25-12-7-6-11-24(25)27(30-32)22-19-29-31(20-22)15-8-9-17-34-18-10-16-33/h6-7,11-12,19-20,23,26,33H,8-10,13-18,21H2,1-5H3. The molecule has 0 amide bonds. The number of benzene rings is 1. The van der Waals surface area contributed by atoms with E-state index in [9.17, 15) is 0 Å². The summed E-state index contributed by atoms with van der Waals surface area (Å²) >= 11 is 0. The van der Waals surface area contributed by atoms with Crippen LogP contribution in [-0.4, -0.2) is 65.5 Å². The first kappa shape index (κ1) is 28.0. The van der Waals surface area contributed by atoms with Crippen LogP contribution in [0.4, 0.5) is 0 Å². The van der Waals surface area contributed by atoms with Crippen LogP contribution in [0.25, 0.3) is 22.2 Å². The van der Waals surface area contributed by atoms with E-state index in [1.54, 1.807) is 0 Å². The molecule has 2 atom stereocenters. The molecule has 1 N–H and O–H groups in total. The Kier molecular flexibility index (Phi) is 9.23.